The molecule has 5 nitrogen and oxygen atoms in total. The Balaban J connectivity index is 1.54. The lowest BCUT2D eigenvalue weighted by molar-refractivity contribution is -0.141. The van der Waals surface area contributed by atoms with E-state index in [1.165, 1.54) is 12.7 Å². The Morgan fingerprint density at radius 3 is 2.58 bits per heavy atom. The van der Waals surface area contributed by atoms with Gasteiger partial charge in [0.05, 0.1) is 26.0 Å². The average Bonchev–Trinajstić information content (AvgIpc) is 3.19. The lowest BCUT2D eigenvalue weighted by atomic mass is 9.70. The minimum Gasteiger partial charge on any atom is -0.497 e. The molecule has 1 unspecified atom stereocenters. The third-order valence-corrected chi connectivity index (χ3v) is 6.81. The summed E-state index contributed by atoms with van der Waals surface area (Å²) in [6.07, 6.45) is 6.36. The summed E-state index contributed by atoms with van der Waals surface area (Å²) in [5.74, 6) is 0.599. The molecule has 0 saturated heterocycles. The first-order chi connectivity index (χ1) is 14.9. The maximum absolute atomic E-state index is 12.0. The molecule has 3 aromatic rings. The molecule has 6 heteroatoms. The summed E-state index contributed by atoms with van der Waals surface area (Å²) in [5.41, 5.74) is 2.99. The molecule has 1 heterocycles. The molecule has 0 fully saturated rings. The molecule has 3 atom stereocenters. The topological polar surface area (TPSA) is 52.5 Å². The van der Waals surface area contributed by atoms with Crippen LogP contribution >= 0.6 is 11.6 Å². The van der Waals surface area contributed by atoms with Gasteiger partial charge in [-0.2, -0.15) is 0 Å². The largest absolute Gasteiger partial charge is 0.497 e. The number of methoxy groups -OCH3 is 2. The van der Waals surface area contributed by atoms with E-state index in [-0.39, 0.29) is 29.2 Å². The van der Waals surface area contributed by atoms with Crippen molar-refractivity contribution in [3.63, 3.8) is 0 Å². The normalized spacial score (nSPS) is 20.8. The number of aromatic nitrogens is 1. The van der Waals surface area contributed by atoms with Gasteiger partial charge >= 0.3 is 5.97 Å². The average molecular weight is 439 g/mol. The van der Waals surface area contributed by atoms with Gasteiger partial charge in [0, 0.05) is 40.8 Å². The smallest absolute Gasteiger partial charge is 0.307 e. The summed E-state index contributed by atoms with van der Waals surface area (Å²) in [6.45, 7) is 2.84. The van der Waals surface area contributed by atoms with E-state index in [4.69, 9.17) is 21.1 Å². The Morgan fingerprint density at radius 2 is 1.97 bits per heavy atom. The lowest BCUT2D eigenvalue weighted by Gasteiger charge is -2.43. The molecule has 1 aromatic heterocycles. The molecule has 0 spiro atoms. The molecule has 31 heavy (non-hydrogen) atoms. The van der Waals surface area contributed by atoms with Crippen LogP contribution < -0.4 is 10.1 Å². The van der Waals surface area contributed by atoms with Crippen LogP contribution in [0.25, 0.3) is 10.9 Å². The summed E-state index contributed by atoms with van der Waals surface area (Å²) in [6, 6.07) is 16.3. The molecule has 0 amide bonds. The second-order valence-electron chi connectivity index (χ2n) is 8.17. The van der Waals surface area contributed by atoms with Gasteiger partial charge in [0.25, 0.3) is 0 Å². The minimum atomic E-state index is -0.314. The summed E-state index contributed by atoms with van der Waals surface area (Å²) < 4.78 is 12.4. The van der Waals surface area contributed by atoms with E-state index in [0.717, 1.165) is 28.9 Å². The number of hydrogen-bond donors (Lipinski definition) is 1. The molecular formula is C25H27ClN2O3. The van der Waals surface area contributed by atoms with Crippen molar-refractivity contribution in [1.29, 1.82) is 0 Å². The molecule has 2 aromatic carbocycles. The predicted octanol–water partition coefficient (Wildman–Crippen LogP) is 5.23. The Kier molecular flexibility index (Phi) is 5.96. The Labute approximate surface area is 187 Å². The third-order valence-electron chi connectivity index (χ3n) is 6.19. The van der Waals surface area contributed by atoms with Gasteiger partial charge < -0.3 is 19.4 Å². The highest BCUT2D eigenvalue weighted by molar-refractivity contribution is 6.23. The lowest BCUT2D eigenvalue weighted by Crippen LogP contribution is -2.48. The number of benzene rings is 2. The van der Waals surface area contributed by atoms with Crippen LogP contribution in [0.4, 0.5) is 5.69 Å². The molecule has 4 rings (SSSR count). The number of nitrogens with one attached hydrogen (secondary N) is 1. The van der Waals surface area contributed by atoms with Crippen LogP contribution in [0.5, 0.6) is 5.75 Å². The van der Waals surface area contributed by atoms with Gasteiger partial charge in [-0.3, -0.25) is 4.79 Å². The fourth-order valence-corrected chi connectivity index (χ4v) is 4.31. The fourth-order valence-electron chi connectivity index (χ4n) is 4.01. The van der Waals surface area contributed by atoms with Crippen molar-refractivity contribution < 1.29 is 14.3 Å². The first-order valence-corrected chi connectivity index (χ1v) is 10.7. The van der Waals surface area contributed by atoms with Crippen LogP contribution in [-0.4, -0.2) is 36.2 Å². The number of anilines is 1. The second-order valence-corrected chi connectivity index (χ2v) is 8.64. The number of rotatable bonds is 8. The van der Waals surface area contributed by atoms with Gasteiger partial charge in [-0.1, -0.05) is 31.2 Å². The van der Waals surface area contributed by atoms with Crippen LogP contribution in [0, 0.1) is 5.41 Å². The van der Waals surface area contributed by atoms with Crippen molar-refractivity contribution in [2.75, 3.05) is 19.5 Å². The fraction of sp³-hybridized carbons (Fsp3) is 0.320. The zero-order chi connectivity index (χ0) is 22.0. The van der Waals surface area contributed by atoms with Crippen molar-refractivity contribution in [3.05, 3.63) is 72.4 Å². The van der Waals surface area contributed by atoms with E-state index < -0.39 is 0 Å². The van der Waals surface area contributed by atoms with Crippen molar-refractivity contribution in [1.82, 2.24) is 4.57 Å². The van der Waals surface area contributed by atoms with Crippen molar-refractivity contribution in [3.8, 4) is 5.75 Å². The van der Waals surface area contributed by atoms with Crippen LogP contribution in [0.3, 0.4) is 0 Å². The van der Waals surface area contributed by atoms with E-state index in [1.54, 1.807) is 7.11 Å². The number of halogens is 1. The van der Waals surface area contributed by atoms with Crippen LogP contribution in [0.1, 0.15) is 18.9 Å². The standard InChI is InChI=1S/C25H27ClN2O3/c1-25(12-10-22(25)26)23(15-24(29)31-3)27-19-6-9-21-18(14-19)11-13-28(21)16-17-4-7-20(30-2)8-5-17/h4-14,22-23,27H,15-16H2,1-3H3/t22?,23-,25+/m0/s1. The number of ether oxygens (including phenoxy) is 2. The molecule has 0 radical (unpaired) electrons. The molecule has 0 bridgehead atoms. The number of carbonyl (C=O) groups excluding carboxylic acids is 1. The summed E-state index contributed by atoms with van der Waals surface area (Å²) in [4.78, 5) is 12.0. The summed E-state index contributed by atoms with van der Waals surface area (Å²) in [7, 11) is 3.08. The Morgan fingerprint density at radius 1 is 1.19 bits per heavy atom. The minimum absolute atomic E-state index is 0.121. The van der Waals surface area contributed by atoms with Gasteiger partial charge in [0.2, 0.25) is 0 Å². The van der Waals surface area contributed by atoms with Gasteiger partial charge in [0.15, 0.2) is 0 Å². The van der Waals surface area contributed by atoms with E-state index in [2.05, 4.69) is 59.4 Å². The number of alkyl halides is 1. The number of carbonyl (C=O) groups is 1. The highest BCUT2D eigenvalue weighted by atomic mass is 35.5. The van der Waals surface area contributed by atoms with Crippen LogP contribution in [0.2, 0.25) is 0 Å². The van der Waals surface area contributed by atoms with E-state index in [0.29, 0.717) is 0 Å². The van der Waals surface area contributed by atoms with Crippen molar-refractivity contribution >= 4 is 34.2 Å². The van der Waals surface area contributed by atoms with Gasteiger partial charge in [-0.15, -0.1) is 11.6 Å². The van der Waals surface area contributed by atoms with Gasteiger partial charge in [-0.05, 0) is 42.0 Å². The summed E-state index contributed by atoms with van der Waals surface area (Å²) >= 11 is 6.45. The number of hydrogen-bond acceptors (Lipinski definition) is 4. The maximum atomic E-state index is 12.0. The molecule has 1 aliphatic carbocycles. The zero-order valence-corrected chi connectivity index (χ0v) is 18.7. The van der Waals surface area contributed by atoms with Crippen LogP contribution in [0.15, 0.2) is 66.9 Å². The monoisotopic (exact) mass is 438 g/mol. The van der Waals surface area contributed by atoms with E-state index in [9.17, 15) is 4.79 Å². The Bertz CT molecular complexity index is 1110. The number of esters is 1. The van der Waals surface area contributed by atoms with Crippen molar-refractivity contribution in [2.45, 2.75) is 31.3 Å². The van der Waals surface area contributed by atoms with E-state index >= 15 is 0 Å². The van der Waals surface area contributed by atoms with E-state index in [1.807, 2.05) is 24.3 Å². The van der Waals surface area contributed by atoms with Crippen LogP contribution in [-0.2, 0) is 16.1 Å². The molecule has 1 N–H and O–H groups in total. The summed E-state index contributed by atoms with van der Waals surface area (Å²) in [5, 5.41) is 4.53. The number of fused-ring (bicyclic) bond motifs is 1. The third kappa shape index (κ3) is 4.28. The first kappa shape index (κ1) is 21.3. The maximum Gasteiger partial charge on any atom is 0.307 e. The first-order valence-electron chi connectivity index (χ1n) is 10.3. The Hall–Kier alpha value is -2.92. The van der Waals surface area contributed by atoms with Crippen molar-refractivity contribution in [2.24, 2.45) is 5.41 Å². The quantitative estimate of drug-likeness (QED) is 0.297. The second kappa shape index (κ2) is 8.67. The molecule has 0 aliphatic heterocycles. The van der Waals surface area contributed by atoms with Gasteiger partial charge in [-0.25, -0.2) is 0 Å². The SMILES string of the molecule is COC(=O)C[C@H](Nc1ccc2c(ccn2Cc2ccc(OC)cc2)c1)[C@]1(C)C=CC1Cl. The number of nitrogens with zero attached hydrogens (tertiary/aromatic N) is 1. The molecular weight excluding hydrogens is 412 g/mol. The highest BCUT2D eigenvalue weighted by Crippen LogP contribution is 2.43. The zero-order valence-electron chi connectivity index (χ0n) is 18.0. The molecule has 0 saturated carbocycles. The molecule has 162 valence electrons. The number of allylic oxidation sites excluding steroid dienone is 1. The van der Waals surface area contributed by atoms with Gasteiger partial charge in [0.1, 0.15) is 5.75 Å². The highest BCUT2D eigenvalue weighted by Gasteiger charge is 2.43. The molecule has 1 aliphatic rings. The predicted molar refractivity (Wildman–Crippen MR) is 125 cm³/mol.